The van der Waals surface area contributed by atoms with Crippen LogP contribution in [0.15, 0.2) is 24.3 Å². The maximum Gasteiger partial charge on any atom is 0.130 e. The van der Waals surface area contributed by atoms with E-state index in [2.05, 4.69) is 5.32 Å². The van der Waals surface area contributed by atoms with Gasteiger partial charge in [0.15, 0.2) is 0 Å². The van der Waals surface area contributed by atoms with Crippen molar-refractivity contribution in [3.05, 3.63) is 41.5 Å². The van der Waals surface area contributed by atoms with Crippen LogP contribution in [0.25, 0.3) is 6.08 Å². The highest BCUT2D eigenvalue weighted by Gasteiger charge is 2.37. The molecule has 1 saturated carbocycles. The molecule has 1 heterocycles. The van der Waals surface area contributed by atoms with Crippen molar-refractivity contribution in [1.82, 2.24) is 5.32 Å². The molecule has 0 aromatic heterocycles. The number of halogens is 2. The van der Waals surface area contributed by atoms with E-state index in [1.165, 1.54) is 31.4 Å². The largest absolute Gasteiger partial charge is 0.310 e. The van der Waals surface area contributed by atoms with Gasteiger partial charge < -0.3 is 5.32 Å². The Labute approximate surface area is 106 Å². The van der Waals surface area contributed by atoms with Crippen LogP contribution in [0.4, 0.5) is 8.78 Å². The second kappa shape index (κ2) is 4.81. The summed E-state index contributed by atoms with van der Waals surface area (Å²) in [5.74, 6) is 0.692. The zero-order chi connectivity index (χ0) is 12.5. The lowest BCUT2D eigenvalue weighted by molar-refractivity contribution is 0.456. The van der Waals surface area contributed by atoms with E-state index in [0.717, 1.165) is 18.5 Å². The van der Waals surface area contributed by atoms with E-state index < -0.39 is 5.82 Å². The molecule has 0 radical (unpaired) electrons. The molecule has 3 unspecified atom stereocenters. The molecule has 1 aliphatic carbocycles. The molecule has 3 heteroatoms. The molecule has 0 spiro atoms. The Bertz CT molecular complexity index is 470. The molecule has 96 valence electrons. The molecule has 1 nitrogen and oxygen atoms in total. The summed E-state index contributed by atoms with van der Waals surface area (Å²) in [5.41, 5.74) is 0.332. The Morgan fingerprint density at radius 2 is 2.11 bits per heavy atom. The Kier molecular flexibility index (Phi) is 3.16. The number of hydrogen-bond donors (Lipinski definition) is 1. The van der Waals surface area contributed by atoms with Crippen molar-refractivity contribution in [3.63, 3.8) is 0 Å². The molecule has 1 N–H and O–H groups in total. The molecule has 0 amide bonds. The summed E-state index contributed by atoms with van der Waals surface area (Å²) in [5, 5.41) is 3.46. The van der Waals surface area contributed by atoms with Crippen molar-refractivity contribution in [2.24, 2.45) is 11.8 Å². The summed E-state index contributed by atoms with van der Waals surface area (Å²) in [4.78, 5) is 0. The zero-order valence-corrected chi connectivity index (χ0v) is 10.2. The predicted octanol–water partition coefficient (Wildman–Crippen LogP) is 3.37. The maximum atomic E-state index is 13.5. The third-order valence-corrected chi connectivity index (χ3v) is 4.24. The van der Waals surface area contributed by atoms with Gasteiger partial charge in [0.1, 0.15) is 11.6 Å². The first-order valence-corrected chi connectivity index (χ1v) is 6.60. The molecular formula is C15H17F2N. The van der Waals surface area contributed by atoms with Crippen LogP contribution in [0, 0.1) is 23.5 Å². The lowest BCUT2D eigenvalue weighted by Crippen LogP contribution is -2.23. The molecule has 1 aromatic carbocycles. The minimum atomic E-state index is -0.394. The summed E-state index contributed by atoms with van der Waals surface area (Å²) in [7, 11) is 0. The fraction of sp³-hybridized carbons (Fsp3) is 0.467. The minimum Gasteiger partial charge on any atom is -0.310 e. The van der Waals surface area contributed by atoms with Gasteiger partial charge >= 0.3 is 0 Å². The van der Waals surface area contributed by atoms with Gasteiger partial charge in [-0.2, -0.15) is 0 Å². The van der Waals surface area contributed by atoms with Gasteiger partial charge in [0.25, 0.3) is 0 Å². The molecular weight excluding hydrogens is 232 g/mol. The molecule has 2 aliphatic rings. The van der Waals surface area contributed by atoms with Crippen LogP contribution in [-0.4, -0.2) is 12.6 Å². The number of benzene rings is 1. The number of hydrogen-bond acceptors (Lipinski definition) is 1. The van der Waals surface area contributed by atoms with Crippen molar-refractivity contribution in [3.8, 4) is 0 Å². The second-order valence-electron chi connectivity index (χ2n) is 5.31. The molecule has 2 fully saturated rings. The van der Waals surface area contributed by atoms with E-state index in [-0.39, 0.29) is 5.82 Å². The highest BCUT2D eigenvalue weighted by atomic mass is 19.1. The molecule has 0 bridgehead atoms. The third kappa shape index (κ3) is 2.19. The van der Waals surface area contributed by atoms with Gasteiger partial charge in [0.05, 0.1) is 0 Å². The van der Waals surface area contributed by atoms with Gasteiger partial charge in [0, 0.05) is 11.6 Å². The van der Waals surface area contributed by atoms with E-state index >= 15 is 0 Å². The summed E-state index contributed by atoms with van der Waals surface area (Å²) in [6, 6.07) is 3.88. The molecule has 3 rings (SSSR count). The summed E-state index contributed by atoms with van der Waals surface area (Å²) >= 11 is 0. The van der Waals surface area contributed by atoms with Gasteiger partial charge in [0.2, 0.25) is 0 Å². The average molecular weight is 249 g/mol. The Hall–Kier alpha value is -1.22. The van der Waals surface area contributed by atoms with Crippen molar-refractivity contribution < 1.29 is 8.78 Å². The van der Waals surface area contributed by atoms with Gasteiger partial charge in [-0.25, -0.2) is 8.78 Å². The SMILES string of the molecule is Fc1ccc(F)c(/C=C/C2NCC3CCCC32)c1. The molecule has 18 heavy (non-hydrogen) atoms. The van der Waals surface area contributed by atoms with Gasteiger partial charge in [-0.3, -0.25) is 0 Å². The van der Waals surface area contributed by atoms with Crippen molar-refractivity contribution in [2.75, 3.05) is 6.54 Å². The van der Waals surface area contributed by atoms with Gasteiger partial charge in [-0.05, 0) is 49.4 Å². The van der Waals surface area contributed by atoms with Crippen LogP contribution in [0.3, 0.4) is 0 Å². The predicted molar refractivity (Wildman–Crippen MR) is 68.0 cm³/mol. The number of rotatable bonds is 2. The van der Waals surface area contributed by atoms with Crippen LogP contribution in [0.5, 0.6) is 0 Å². The Balaban J connectivity index is 1.75. The summed E-state index contributed by atoms with van der Waals surface area (Å²) < 4.78 is 26.5. The molecule has 3 atom stereocenters. The standard InChI is InChI=1S/C15H17F2N/c16-12-5-6-14(17)10(8-12)4-7-15-13-3-1-2-11(13)9-18-15/h4-8,11,13,15,18H,1-3,9H2/b7-4+. The smallest absolute Gasteiger partial charge is 0.130 e. The Morgan fingerprint density at radius 3 is 3.00 bits per heavy atom. The zero-order valence-electron chi connectivity index (χ0n) is 10.2. The summed E-state index contributed by atoms with van der Waals surface area (Å²) in [6.07, 6.45) is 7.55. The minimum absolute atomic E-state index is 0.320. The van der Waals surface area contributed by atoms with E-state index in [0.29, 0.717) is 17.5 Å². The first kappa shape index (κ1) is 11.8. The lowest BCUT2D eigenvalue weighted by Gasteiger charge is -2.13. The summed E-state index contributed by atoms with van der Waals surface area (Å²) in [6.45, 7) is 1.06. The number of fused-ring (bicyclic) bond motifs is 1. The average Bonchev–Trinajstić information content (AvgIpc) is 2.93. The van der Waals surface area contributed by atoms with Crippen LogP contribution >= 0.6 is 0 Å². The lowest BCUT2D eigenvalue weighted by atomic mass is 9.93. The van der Waals surface area contributed by atoms with Gasteiger partial charge in [-0.15, -0.1) is 0 Å². The van der Waals surface area contributed by atoms with Crippen LogP contribution in [-0.2, 0) is 0 Å². The highest BCUT2D eigenvalue weighted by molar-refractivity contribution is 5.51. The quantitative estimate of drug-likeness (QED) is 0.847. The first-order valence-electron chi connectivity index (χ1n) is 6.60. The fourth-order valence-electron chi connectivity index (χ4n) is 3.29. The monoisotopic (exact) mass is 249 g/mol. The van der Waals surface area contributed by atoms with E-state index in [1.54, 1.807) is 6.08 Å². The van der Waals surface area contributed by atoms with Crippen molar-refractivity contribution in [2.45, 2.75) is 25.3 Å². The topological polar surface area (TPSA) is 12.0 Å². The fourth-order valence-corrected chi connectivity index (χ4v) is 3.29. The van der Waals surface area contributed by atoms with Crippen molar-refractivity contribution in [1.29, 1.82) is 0 Å². The van der Waals surface area contributed by atoms with Crippen LogP contribution < -0.4 is 5.32 Å². The molecule has 1 saturated heterocycles. The Morgan fingerprint density at radius 1 is 1.22 bits per heavy atom. The van der Waals surface area contributed by atoms with E-state index in [1.807, 2.05) is 6.08 Å². The van der Waals surface area contributed by atoms with Crippen molar-refractivity contribution >= 4 is 6.08 Å². The molecule has 1 aromatic rings. The van der Waals surface area contributed by atoms with E-state index in [4.69, 9.17) is 0 Å². The second-order valence-corrected chi connectivity index (χ2v) is 5.31. The molecule has 1 aliphatic heterocycles. The van der Waals surface area contributed by atoms with Gasteiger partial charge in [-0.1, -0.05) is 18.6 Å². The van der Waals surface area contributed by atoms with E-state index in [9.17, 15) is 8.78 Å². The highest BCUT2D eigenvalue weighted by Crippen LogP contribution is 2.38. The van der Waals surface area contributed by atoms with Crippen LogP contribution in [0.2, 0.25) is 0 Å². The van der Waals surface area contributed by atoms with Crippen LogP contribution in [0.1, 0.15) is 24.8 Å². The third-order valence-electron chi connectivity index (χ3n) is 4.24. The number of nitrogens with one attached hydrogen (secondary N) is 1. The maximum absolute atomic E-state index is 13.5. The normalized spacial score (nSPS) is 31.1. The first-order chi connectivity index (χ1) is 8.74.